The zero-order chi connectivity index (χ0) is 17.4. The molecule has 0 atom stereocenters. The Morgan fingerprint density at radius 3 is 2.40 bits per heavy atom. The van der Waals surface area contributed by atoms with Crippen molar-refractivity contribution < 1.29 is 19.4 Å². The SMILES string of the molecule is O=c1cc(-c2ccc(N3CCOCC3)cc2)oc2c(O)c(O)ccc12. The number of phenols is 2. The summed E-state index contributed by atoms with van der Waals surface area (Å²) in [7, 11) is 0. The highest BCUT2D eigenvalue weighted by atomic mass is 16.5. The van der Waals surface area contributed by atoms with Crippen molar-refractivity contribution in [3.63, 3.8) is 0 Å². The molecule has 0 unspecified atom stereocenters. The van der Waals surface area contributed by atoms with Crippen LogP contribution in [0.1, 0.15) is 0 Å². The summed E-state index contributed by atoms with van der Waals surface area (Å²) >= 11 is 0. The third-order valence-corrected chi connectivity index (χ3v) is 4.38. The lowest BCUT2D eigenvalue weighted by atomic mass is 10.1. The van der Waals surface area contributed by atoms with Gasteiger partial charge >= 0.3 is 0 Å². The van der Waals surface area contributed by atoms with E-state index < -0.39 is 5.75 Å². The van der Waals surface area contributed by atoms with Gasteiger partial charge in [0.1, 0.15) is 5.76 Å². The lowest BCUT2D eigenvalue weighted by molar-refractivity contribution is 0.122. The second kappa shape index (κ2) is 6.14. The summed E-state index contributed by atoms with van der Waals surface area (Å²) in [4.78, 5) is 14.5. The second-order valence-electron chi connectivity index (χ2n) is 5.93. The van der Waals surface area contributed by atoms with Gasteiger partial charge in [0.25, 0.3) is 0 Å². The van der Waals surface area contributed by atoms with E-state index in [0.717, 1.165) is 24.3 Å². The van der Waals surface area contributed by atoms with Crippen molar-refractivity contribution in [2.24, 2.45) is 0 Å². The maximum Gasteiger partial charge on any atom is 0.201 e. The van der Waals surface area contributed by atoms with E-state index in [4.69, 9.17) is 9.15 Å². The highest BCUT2D eigenvalue weighted by molar-refractivity contribution is 5.86. The zero-order valence-electron chi connectivity index (χ0n) is 13.4. The van der Waals surface area contributed by atoms with E-state index in [1.54, 1.807) is 0 Å². The molecule has 0 spiro atoms. The van der Waals surface area contributed by atoms with Crippen LogP contribution in [0, 0.1) is 0 Å². The normalized spacial score (nSPS) is 14.8. The Hall–Kier alpha value is -2.99. The molecule has 25 heavy (non-hydrogen) atoms. The van der Waals surface area contributed by atoms with E-state index in [1.807, 2.05) is 24.3 Å². The number of morpholine rings is 1. The van der Waals surface area contributed by atoms with Gasteiger partial charge in [-0.3, -0.25) is 4.79 Å². The molecule has 1 fully saturated rings. The van der Waals surface area contributed by atoms with Gasteiger partial charge in [0.15, 0.2) is 16.8 Å². The number of aromatic hydroxyl groups is 2. The first-order valence-electron chi connectivity index (χ1n) is 8.05. The van der Waals surface area contributed by atoms with Gasteiger partial charge in [-0.15, -0.1) is 0 Å². The highest BCUT2D eigenvalue weighted by Crippen LogP contribution is 2.34. The Labute approximate surface area is 143 Å². The van der Waals surface area contributed by atoms with Crippen LogP contribution >= 0.6 is 0 Å². The Balaban J connectivity index is 1.74. The Morgan fingerprint density at radius 2 is 1.68 bits per heavy atom. The van der Waals surface area contributed by atoms with E-state index in [9.17, 15) is 15.0 Å². The summed E-state index contributed by atoms with van der Waals surface area (Å²) in [5.41, 5.74) is 1.51. The van der Waals surface area contributed by atoms with Gasteiger partial charge in [0.2, 0.25) is 5.75 Å². The zero-order valence-corrected chi connectivity index (χ0v) is 13.4. The van der Waals surface area contributed by atoms with Crippen LogP contribution in [-0.4, -0.2) is 36.5 Å². The highest BCUT2D eigenvalue weighted by Gasteiger charge is 2.14. The number of ether oxygens (including phenoxy) is 1. The molecule has 6 nitrogen and oxygen atoms in total. The van der Waals surface area contributed by atoms with Crippen molar-refractivity contribution in [3.8, 4) is 22.8 Å². The van der Waals surface area contributed by atoms with Crippen LogP contribution in [0.15, 0.2) is 51.7 Å². The number of hydrogen-bond donors (Lipinski definition) is 2. The third kappa shape index (κ3) is 2.81. The Morgan fingerprint density at radius 1 is 0.960 bits per heavy atom. The lowest BCUT2D eigenvalue weighted by Crippen LogP contribution is -2.36. The third-order valence-electron chi connectivity index (χ3n) is 4.38. The molecular formula is C19H17NO5. The van der Waals surface area contributed by atoms with E-state index in [2.05, 4.69) is 4.90 Å². The second-order valence-corrected chi connectivity index (χ2v) is 5.93. The van der Waals surface area contributed by atoms with E-state index in [0.29, 0.717) is 19.0 Å². The van der Waals surface area contributed by atoms with E-state index in [1.165, 1.54) is 18.2 Å². The van der Waals surface area contributed by atoms with Gasteiger partial charge in [0, 0.05) is 30.4 Å². The predicted molar refractivity (Wildman–Crippen MR) is 94.3 cm³/mol. The van der Waals surface area contributed by atoms with Crippen molar-refractivity contribution in [2.45, 2.75) is 0 Å². The van der Waals surface area contributed by atoms with Gasteiger partial charge in [-0.25, -0.2) is 0 Å². The van der Waals surface area contributed by atoms with Gasteiger partial charge in [-0.1, -0.05) is 0 Å². The minimum atomic E-state index is -0.429. The van der Waals surface area contributed by atoms with Crippen LogP contribution in [0.4, 0.5) is 5.69 Å². The summed E-state index contributed by atoms with van der Waals surface area (Å²) in [6.45, 7) is 3.11. The molecule has 0 bridgehead atoms. The number of fused-ring (bicyclic) bond motifs is 1. The van der Waals surface area contributed by atoms with E-state index in [-0.39, 0.29) is 22.1 Å². The van der Waals surface area contributed by atoms with Crippen molar-refractivity contribution >= 4 is 16.7 Å². The molecule has 0 saturated carbocycles. The lowest BCUT2D eigenvalue weighted by Gasteiger charge is -2.28. The molecule has 6 heteroatoms. The molecule has 128 valence electrons. The Bertz CT molecular complexity index is 972. The maximum absolute atomic E-state index is 12.3. The van der Waals surface area contributed by atoms with Crippen LogP contribution in [-0.2, 0) is 4.74 Å². The fourth-order valence-electron chi connectivity index (χ4n) is 2.99. The maximum atomic E-state index is 12.3. The van der Waals surface area contributed by atoms with Gasteiger partial charge in [-0.2, -0.15) is 0 Å². The predicted octanol–water partition coefficient (Wildman–Crippen LogP) is 2.71. The van der Waals surface area contributed by atoms with Gasteiger partial charge in [0.05, 0.1) is 18.6 Å². The van der Waals surface area contributed by atoms with Crippen LogP contribution in [0.2, 0.25) is 0 Å². The van der Waals surface area contributed by atoms with Gasteiger partial charge < -0.3 is 24.3 Å². The largest absolute Gasteiger partial charge is 0.504 e. The summed E-state index contributed by atoms with van der Waals surface area (Å²) in [5, 5.41) is 19.8. The number of hydrogen-bond acceptors (Lipinski definition) is 6. The molecule has 0 amide bonds. The number of phenolic OH excluding ortho intramolecular Hbond substituents is 2. The van der Waals surface area contributed by atoms with Crippen LogP contribution in [0.25, 0.3) is 22.3 Å². The molecule has 0 aliphatic carbocycles. The number of anilines is 1. The molecule has 1 aromatic heterocycles. The van der Waals surface area contributed by atoms with Crippen molar-refractivity contribution in [2.75, 3.05) is 31.2 Å². The smallest absolute Gasteiger partial charge is 0.201 e. The minimum absolute atomic E-state index is 0.0141. The standard InChI is InChI=1S/C19H17NO5/c21-15-6-5-14-16(22)11-17(25-19(14)18(15)23)12-1-3-13(4-2-12)20-7-9-24-10-8-20/h1-6,11,21,23H,7-10H2. The minimum Gasteiger partial charge on any atom is -0.504 e. The fourth-order valence-corrected chi connectivity index (χ4v) is 2.99. The summed E-state index contributed by atoms with van der Waals surface area (Å²) < 4.78 is 11.0. The molecule has 3 aromatic rings. The van der Waals surface area contributed by atoms with Crippen molar-refractivity contribution in [1.82, 2.24) is 0 Å². The van der Waals surface area contributed by atoms with Crippen molar-refractivity contribution in [1.29, 1.82) is 0 Å². The topological polar surface area (TPSA) is 83.1 Å². The number of rotatable bonds is 2. The first-order chi connectivity index (χ1) is 12.1. The quantitative estimate of drug-likeness (QED) is 0.699. The molecule has 4 rings (SSSR count). The van der Waals surface area contributed by atoms with Gasteiger partial charge in [-0.05, 0) is 36.4 Å². The molecule has 2 aromatic carbocycles. The van der Waals surface area contributed by atoms with Crippen LogP contribution in [0.5, 0.6) is 11.5 Å². The van der Waals surface area contributed by atoms with Crippen LogP contribution < -0.4 is 10.3 Å². The molecular weight excluding hydrogens is 322 g/mol. The molecule has 1 aliphatic rings. The number of nitrogens with zero attached hydrogens (tertiary/aromatic N) is 1. The summed E-state index contributed by atoms with van der Waals surface area (Å²) in [6.07, 6.45) is 0. The Kier molecular flexibility index (Phi) is 3.82. The van der Waals surface area contributed by atoms with Crippen LogP contribution in [0.3, 0.4) is 0 Å². The summed E-state index contributed by atoms with van der Waals surface area (Å²) in [5.74, 6) is -0.413. The molecule has 0 radical (unpaired) electrons. The van der Waals surface area contributed by atoms with E-state index >= 15 is 0 Å². The average molecular weight is 339 g/mol. The molecule has 2 heterocycles. The first-order valence-corrected chi connectivity index (χ1v) is 8.05. The molecule has 2 N–H and O–H groups in total. The molecule has 1 aliphatic heterocycles. The molecule has 1 saturated heterocycles. The monoisotopic (exact) mass is 339 g/mol. The fraction of sp³-hybridized carbons (Fsp3) is 0.211. The van der Waals surface area contributed by atoms with Crippen molar-refractivity contribution in [3.05, 3.63) is 52.7 Å². The first kappa shape index (κ1) is 15.5. The average Bonchev–Trinajstić information content (AvgIpc) is 2.66. The summed E-state index contributed by atoms with van der Waals surface area (Å²) in [6, 6.07) is 11.8. The number of benzene rings is 2.